The molecule has 0 atom stereocenters. The first-order valence-electron chi connectivity index (χ1n) is 11.5. The summed E-state index contributed by atoms with van der Waals surface area (Å²) in [6.07, 6.45) is 1.85. The second-order valence-corrected chi connectivity index (χ2v) is 10.0. The first-order chi connectivity index (χ1) is 18.0. The molecule has 1 aliphatic heterocycles. The maximum atomic E-state index is 13.5. The predicted molar refractivity (Wildman–Crippen MR) is 154 cm³/mol. The lowest BCUT2D eigenvalue weighted by atomic mass is 10.2. The van der Waals surface area contributed by atoms with Crippen LogP contribution in [0, 0.1) is 3.57 Å². The van der Waals surface area contributed by atoms with Crippen molar-refractivity contribution in [2.75, 3.05) is 20.3 Å². The third-order valence-electron chi connectivity index (χ3n) is 5.27. The van der Waals surface area contributed by atoms with Crippen molar-refractivity contribution in [1.29, 1.82) is 0 Å². The molecule has 1 heterocycles. The molecule has 0 aliphatic carbocycles. The molecule has 0 unspecified atom stereocenters. The Balaban J connectivity index is 1.58. The summed E-state index contributed by atoms with van der Waals surface area (Å²) in [5, 5.41) is 0.613. The van der Waals surface area contributed by atoms with Gasteiger partial charge in [-0.1, -0.05) is 36.4 Å². The van der Waals surface area contributed by atoms with E-state index in [9.17, 15) is 9.59 Å². The summed E-state index contributed by atoms with van der Waals surface area (Å²) in [6, 6.07) is 22.7. The van der Waals surface area contributed by atoms with Gasteiger partial charge in [0.15, 0.2) is 11.8 Å². The molecule has 0 radical (unpaired) electrons. The Labute approximate surface area is 233 Å². The van der Waals surface area contributed by atoms with Crippen molar-refractivity contribution in [3.05, 3.63) is 92.4 Å². The number of thioether (sulfide) groups is 1. The number of methoxy groups -OCH3 is 1. The van der Waals surface area contributed by atoms with Crippen LogP contribution in [0.25, 0.3) is 6.08 Å². The van der Waals surface area contributed by atoms with Crippen molar-refractivity contribution in [2.45, 2.75) is 13.5 Å². The van der Waals surface area contributed by atoms with E-state index in [4.69, 9.17) is 19.2 Å². The number of halogens is 1. The van der Waals surface area contributed by atoms with E-state index in [0.717, 1.165) is 26.1 Å². The first-order valence-corrected chi connectivity index (χ1v) is 13.4. The number of esters is 1. The molecule has 1 amide bonds. The number of carbonyl (C=O) groups is 2. The van der Waals surface area contributed by atoms with E-state index in [0.29, 0.717) is 29.0 Å². The van der Waals surface area contributed by atoms with Gasteiger partial charge in [0, 0.05) is 0 Å². The molecule has 1 fully saturated rings. The molecule has 37 heavy (non-hydrogen) atoms. The van der Waals surface area contributed by atoms with E-state index in [2.05, 4.69) is 22.6 Å². The van der Waals surface area contributed by atoms with Crippen molar-refractivity contribution in [3.8, 4) is 11.5 Å². The summed E-state index contributed by atoms with van der Waals surface area (Å²) in [4.78, 5) is 32.1. The lowest BCUT2D eigenvalue weighted by molar-refractivity contribution is -0.145. The van der Waals surface area contributed by atoms with Crippen molar-refractivity contribution in [1.82, 2.24) is 4.90 Å². The molecule has 0 aromatic heterocycles. The smallest absolute Gasteiger partial charge is 0.344 e. The van der Waals surface area contributed by atoms with Gasteiger partial charge in [0.05, 0.1) is 34.4 Å². The number of amidine groups is 1. The highest BCUT2D eigenvalue weighted by Gasteiger charge is 2.33. The Morgan fingerprint density at radius 3 is 2.51 bits per heavy atom. The highest BCUT2D eigenvalue weighted by molar-refractivity contribution is 14.1. The Kier molecular flexibility index (Phi) is 9.24. The van der Waals surface area contributed by atoms with Crippen LogP contribution in [-0.4, -0.2) is 42.3 Å². The molecule has 9 heteroatoms. The molecule has 7 nitrogen and oxygen atoms in total. The quantitative estimate of drug-likeness (QED) is 0.163. The maximum absolute atomic E-state index is 13.5. The van der Waals surface area contributed by atoms with Crippen molar-refractivity contribution >= 4 is 63.2 Å². The van der Waals surface area contributed by atoms with Gasteiger partial charge in [-0.05, 0) is 94.9 Å². The minimum absolute atomic E-state index is 0.117. The van der Waals surface area contributed by atoms with Gasteiger partial charge in [0.1, 0.15) is 11.5 Å². The number of carbonyl (C=O) groups excluding carboxylic acids is 2. The first kappa shape index (κ1) is 26.7. The predicted octanol–water partition coefficient (Wildman–Crippen LogP) is 6.05. The fourth-order valence-electron chi connectivity index (χ4n) is 3.47. The summed E-state index contributed by atoms with van der Waals surface area (Å²) >= 11 is 3.49. The minimum atomic E-state index is -0.417. The number of amides is 1. The molecule has 0 N–H and O–H groups in total. The second-order valence-electron chi connectivity index (χ2n) is 7.86. The zero-order valence-corrected chi connectivity index (χ0v) is 23.3. The van der Waals surface area contributed by atoms with Crippen molar-refractivity contribution < 1.29 is 23.8 Å². The third kappa shape index (κ3) is 7.14. The number of ether oxygens (including phenoxy) is 3. The van der Waals surface area contributed by atoms with Crippen LogP contribution in [0.1, 0.15) is 18.1 Å². The highest BCUT2D eigenvalue weighted by Crippen LogP contribution is 2.36. The fraction of sp³-hybridized carbons (Fsp3) is 0.179. The largest absolute Gasteiger partial charge is 0.497 e. The lowest BCUT2D eigenvalue weighted by Gasteiger charge is -2.16. The van der Waals surface area contributed by atoms with Crippen LogP contribution >= 0.6 is 34.4 Å². The summed E-state index contributed by atoms with van der Waals surface area (Å²) in [5.74, 6) is 0.801. The average Bonchev–Trinajstić information content (AvgIpc) is 3.18. The van der Waals surface area contributed by atoms with Gasteiger partial charge in [-0.25, -0.2) is 9.79 Å². The summed E-state index contributed by atoms with van der Waals surface area (Å²) in [5.41, 5.74) is 2.58. The molecule has 0 saturated carbocycles. The Morgan fingerprint density at radius 1 is 1.08 bits per heavy atom. The molecule has 4 rings (SSSR count). The standard InChI is InChI=1S/C28H25IN2O5S/c1-3-35-26(32)18-36-24-14-11-20(15-23(24)29)16-25-27(33)31(17-19-9-12-22(34-2)13-10-19)28(37-25)30-21-7-5-4-6-8-21/h4-16H,3,17-18H2,1-2H3/b25-16-,30-28?. The van der Waals surface area contributed by atoms with E-state index >= 15 is 0 Å². The van der Waals surface area contributed by atoms with Gasteiger partial charge in [-0.2, -0.15) is 0 Å². The van der Waals surface area contributed by atoms with Gasteiger partial charge in [-0.3, -0.25) is 9.69 Å². The summed E-state index contributed by atoms with van der Waals surface area (Å²) in [7, 11) is 1.62. The van der Waals surface area contributed by atoms with E-state index in [1.807, 2.05) is 72.8 Å². The topological polar surface area (TPSA) is 77.4 Å². The van der Waals surface area contributed by atoms with Gasteiger partial charge in [-0.15, -0.1) is 0 Å². The number of hydrogen-bond donors (Lipinski definition) is 0. The molecule has 0 spiro atoms. The maximum Gasteiger partial charge on any atom is 0.344 e. The normalized spacial score (nSPS) is 15.3. The van der Waals surface area contributed by atoms with Crippen LogP contribution in [0.5, 0.6) is 11.5 Å². The zero-order valence-electron chi connectivity index (χ0n) is 20.3. The molecular formula is C28H25IN2O5S. The molecule has 1 saturated heterocycles. The molecule has 190 valence electrons. The summed E-state index contributed by atoms with van der Waals surface area (Å²) < 4.78 is 16.5. The SMILES string of the molecule is CCOC(=O)COc1ccc(/C=C2\SC(=Nc3ccccc3)N(Cc3ccc(OC)cc3)C2=O)cc1I. The Bertz CT molecular complexity index is 1330. The second kappa shape index (κ2) is 12.8. The number of para-hydroxylation sites is 1. The van der Waals surface area contributed by atoms with Crippen LogP contribution in [-0.2, 0) is 20.9 Å². The van der Waals surface area contributed by atoms with E-state index in [1.165, 1.54) is 11.8 Å². The van der Waals surface area contributed by atoms with Crippen LogP contribution in [0.4, 0.5) is 5.69 Å². The van der Waals surface area contributed by atoms with Crippen LogP contribution in [0.15, 0.2) is 82.7 Å². The number of hydrogen-bond acceptors (Lipinski definition) is 7. The number of aliphatic imine (C=N–C) groups is 1. The molecular weight excluding hydrogens is 603 g/mol. The molecule has 1 aliphatic rings. The van der Waals surface area contributed by atoms with Crippen LogP contribution < -0.4 is 9.47 Å². The molecule has 3 aromatic carbocycles. The lowest BCUT2D eigenvalue weighted by Crippen LogP contribution is -2.28. The number of rotatable bonds is 9. The average molecular weight is 628 g/mol. The Hall–Kier alpha value is -3.31. The molecule has 3 aromatic rings. The number of nitrogens with zero attached hydrogens (tertiary/aromatic N) is 2. The summed E-state index contributed by atoms with van der Waals surface area (Å²) in [6.45, 7) is 2.29. The molecule has 0 bridgehead atoms. The van der Waals surface area contributed by atoms with E-state index in [-0.39, 0.29) is 12.5 Å². The van der Waals surface area contributed by atoms with E-state index in [1.54, 1.807) is 25.0 Å². The van der Waals surface area contributed by atoms with Crippen LogP contribution in [0.3, 0.4) is 0 Å². The van der Waals surface area contributed by atoms with Crippen molar-refractivity contribution in [3.63, 3.8) is 0 Å². The van der Waals surface area contributed by atoms with Gasteiger partial charge >= 0.3 is 5.97 Å². The number of benzene rings is 3. The van der Waals surface area contributed by atoms with Crippen molar-refractivity contribution in [2.24, 2.45) is 4.99 Å². The van der Waals surface area contributed by atoms with Gasteiger partial charge in [0.2, 0.25) is 0 Å². The third-order valence-corrected chi connectivity index (χ3v) is 7.12. The van der Waals surface area contributed by atoms with E-state index < -0.39 is 5.97 Å². The monoisotopic (exact) mass is 628 g/mol. The van der Waals surface area contributed by atoms with Crippen LogP contribution in [0.2, 0.25) is 0 Å². The highest BCUT2D eigenvalue weighted by atomic mass is 127. The minimum Gasteiger partial charge on any atom is -0.497 e. The zero-order chi connectivity index (χ0) is 26.2. The fourth-order valence-corrected chi connectivity index (χ4v) is 5.16. The van der Waals surface area contributed by atoms with Gasteiger partial charge in [0.25, 0.3) is 5.91 Å². The van der Waals surface area contributed by atoms with Gasteiger partial charge < -0.3 is 14.2 Å². The Morgan fingerprint density at radius 2 is 1.84 bits per heavy atom.